The molecule has 0 bridgehead atoms. The van der Waals surface area contributed by atoms with Crippen LogP contribution >= 0.6 is 0 Å². The molecule has 0 saturated carbocycles. The van der Waals surface area contributed by atoms with Crippen molar-refractivity contribution in [2.75, 3.05) is 26.2 Å². The minimum Gasteiger partial charge on any atom is -0.360 e. The normalized spacial score (nSPS) is 16.0. The summed E-state index contributed by atoms with van der Waals surface area (Å²) in [5.41, 5.74) is 0.181. The SMILES string of the molecule is Cc1noc(C)c1S(=O)(=O)N1CCCN(C(=O)CCn2cc([N+](=O)[O-])cn2)CC1. The average molecular weight is 426 g/mol. The lowest BCUT2D eigenvalue weighted by Crippen LogP contribution is -2.37. The van der Waals surface area contributed by atoms with E-state index in [1.165, 1.54) is 15.2 Å². The zero-order valence-electron chi connectivity index (χ0n) is 16.1. The molecule has 0 aliphatic carbocycles. The van der Waals surface area contributed by atoms with E-state index in [1.807, 2.05) is 0 Å². The standard InChI is InChI=1S/C16H22N6O6S/c1-12-16(13(2)28-18-12)29(26,27)21-6-3-5-19(8-9-21)15(23)4-7-20-11-14(10-17-20)22(24)25/h10-11H,3-9H2,1-2H3. The van der Waals surface area contributed by atoms with Gasteiger partial charge in [0.25, 0.3) is 0 Å². The number of amides is 1. The molecule has 29 heavy (non-hydrogen) atoms. The molecule has 1 amide bonds. The van der Waals surface area contributed by atoms with Crippen molar-refractivity contribution in [3.63, 3.8) is 0 Å². The van der Waals surface area contributed by atoms with Crippen molar-refractivity contribution < 1.29 is 22.7 Å². The Morgan fingerprint density at radius 2 is 2.03 bits per heavy atom. The van der Waals surface area contributed by atoms with E-state index in [4.69, 9.17) is 4.52 Å². The maximum atomic E-state index is 12.9. The Bertz CT molecular complexity index is 994. The van der Waals surface area contributed by atoms with E-state index < -0.39 is 14.9 Å². The highest BCUT2D eigenvalue weighted by atomic mass is 32.2. The second-order valence-electron chi connectivity index (χ2n) is 6.76. The van der Waals surface area contributed by atoms with Crippen LogP contribution in [0.2, 0.25) is 0 Å². The second-order valence-corrected chi connectivity index (χ2v) is 8.64. The van der Waals surface area contributed by atoms with Crippen LogP contribution in [-0.4, -0.2) is 69.6 Å². The lowest BCUT2D eigenvalue weighted by molar-refractivity contribution is -0.385. The van der Waals surface area contributed by atoms with Crippen molar-refractivity contribution >= 4 is 21.6 Å². The molecule has 1 saturated heterocycles. The molecule has 0 atom stereocenters. The lowest BCUT2D eigenvalue weighted by atomic mass is 10.3. The van der Waals surface area contributed by atoms with Gasteiger partial charge in [0, 0.05) is 39.1 Å². The smallest absolute Gasteiger partial charge is 0.306 e. The quantitative estimate of drug-likeness (QED) is 0.485. The molecule has 0 N–H and O–H groups in total. The summed E-state index contributed by atoms with van der Waals surface area (Å²) in [6.07, 6.45) is 3.03. The summed E-state index contributed by atoms with van der Waals surface area (Å²) in [6, 6.07) is 0. The van der Waals surface area contributed by atoms with E-state index in [-0.39, 0.29) is 48.3 Å². The summed E-state index contributed by atoms with van der Waals surface area (Å²) in [7, 11) is -3.75. The molecule has 0 aromatic carbocycles. The third-order valence-corrected chi connectivity index (χ3v) is 6.90. The van der Waals surface area contributed by atoms with Crippen LogP contribution in [0.3, 0.4) is 0 Å². The first-order valence-electron chi connectivity index (χ1n) is 9.08. The van der Waals surface area contributed by atoms with Gasteiger partial charge in [0.2, 0.25) is 15.9 Å². The highest BCUT2D eigenvalue weighted by Crippen LogP contribution is 2.24. The minimum atomic E-state index is -3.75. The molecule has 1 fully saturated rings. The van der Waals surface area contributed by atoms with E-state index in [1.54, 1.807) is 18.7 Å². The molecule has 2 aromatic rings. The molecule has 0 radical (unpaired) electrons. The summed E-state index contributed by atoms with van der Waals surface area (Å²) in [4.78, 5) is 24.4. The first kappa shape index (κ1) is 20.9. The van der Waals surface area contributed by atoms with E-state index in [0.717, 1.165) is 6.20 Å². The third kappa shape index (κ3) is 4.45. The van der Waals surface area contributed by atoms with Crippen LogP contribution in [0.15, 0.2) is 21.8 Å². The number of carbonyl (C=O) groups excluding carboxylic acids is 1. The Hall–Kier alpha value is -2.80. The summed E-state index contributed by atoms with van der Waals surface area (Å²) in [5, 5.41) is 18.3. The number of nitro groups is 1. The van der Waals surface area contributed by atoms with Crippen molar-refractivity contribution in [3.8, 4) is 0 Å². The van der Waals surface area contributed by atoms with Crippen molar-refractivity contribution in [2.45, 2.75) is 38.1 Å². The largest absolute Gasteiger partial charge is 0.360 e. The first-order valence-corrected chi connectivity index (χ1v) is 10.5. The Morgan fingerprint density at radius 1 is 1.28 bits per heavy atom. The maximum Gasteiger partial charge on any atom is 0.306 e. The maximum absolute atomic E-state index is 12.9. The molecule has 0 unspecified atom stereocenters. The average Bonchev–Trinajstić information content (AvgIpc) is 3.18. The van der Waals surface area contributed by atoms with Crippen LogP contribution in [0.25, 0.3) is 0 Å². The zero-order valence-corrected chi connectivity index (χ0v) is 17.0. The molecule has 3 rings (SSSR count). The Kier molecular flexibility index (Phi) is 5.98. The van der Waals surface area contributed by atoms with Crippen LogP contribution in [-0.2, 0) is 21.4 Å². The molecule has 2 aromatic heterocycles. The van der Waals surface area contributed by atoms with Gasteiger partial charge in [0.15, 0.2) is 5.76 Å². The number of nitrogens with zero attached hydrogens (tertiary/aromatic N) is 6. The summed E-state index contributed by atoms with van der Waals surface area (Å²) >= 11 is 0. The van der Waals surface area contributed by atoms with Crippen molar-refractivity contribution in [2.24, 2.45) is 0 Å². The van der Waals surface area contributed by atoms with Gasteiger partial charge in [-0.25, -0.2) is 8.42 Å². The fourth-order valence-corrected chi connectivity index (χ4v) is 5.05. The lowest BCUT2D eigenvalue weighted by Gasteiger charge is -2.22. The summed E-state index contributed by atoms with van der Waals surface area (Å²) in [5.74, 6) is 0.0905. The van der Waals surface area contributed by atoms with Gasteiger partial charge in [-0.2, -0.15) is 9.40 Å². The number of hydrogen-bond acceptors (Lipinski definition) is 8. The highest BCUT2D eigenvalue weighted by Gasteiger charge is 2.32. The van der Waals surface area contributed by atoms with Crippen molar-refractivity contribution in [1.82, 2.24) is 24.1 Å². The van der Waals surface area contributed by atoms with Gasteiger partial charge >= 0.3 is 5.69 Å². The minimum absolute atomic E-state index is 0.0811. The molecule has 1 aliphatic heterocycles. The van der Waals surface area contributed by atoms with E-state index in [2.05, 4.69) is 10.3 Å². The van der Waals surface area contributed by atoms with Gasteiger partial charge in [0.05, 0.1) is 4.92 Å². The summed E-state index contributed by atoms with van der Waals surface area (Å²) in [6.45, 7) is 4.51. The van der Waals surface area contributed by atoms with Crippen LogP contribution < -0.4 is 0 Å². The molecule has 1 aliphatic rings. The van der Waals surface area contributed by atoms with Crippen LogP contribution in [0.5, 0.6) is 0 Å². The predicted octanol–water partition coefficient (Wildman–Crippen LogP) is 0.709. The van der Waals surface area contributed by atoms with E-state index in [0.29, 0.717) is 25.2 Å². The highest BCUT2D eigenvalue weighted by molar-refractivity contribution is 7.89. The Labute approximate surface area is 167 Å². The van der Waals surface area contributed by atoms with Crippen LogP contribution in [0.1, 0.15) is 24.3 Å². The summed E-state index contributed by atoms with van der Waals surface area (Å²) < 4.78 is 33.6. The molecule has 13 heteroatoms. The fourth-order valence-electron chi connectivity index (χ4n) is 3.29. The fraction of sp³-hybridized carbons (Fsp3) is 0.562. The molecule has 3 heterocycles. The number of aromatic nitrogens is 3. The van der Waals surface area contributed by atoms with Gasteiger partial charge in [-0.3, -0.25) is 19.6 Å². The van der Waals surface area contributed by atoms with Crippen LogP contribution in [0, 0.1) is 24.0 Å². The van der Waals surface area contributed by atoms with Crippen molar-refractivity contribution in [3.05, 3.63) is 34.0 Å². The monoisotopic (exact) mass is 426 g/mol. The van der Waals surface area contributed by atoms with Crippen LogP contribution in [0.4, 0.5) is 5.69 Å². The van der Waals surface area contributed by atoms with Gasteiger partial charge in [-0.05, 0) is 20.3 Å². The zero-order chi connectivity index (χ0) is 21.2. The van der Waals surface area contributed by atoms with E-state index in [9.17, 15) is 23.3 Å². The van der Waals surface area contributed by atoms with Gasteiger partial charge in [-0.15, -0.1) is 0 Å². The van der Waals surface area contributed by atoms with Crippen molar-refractivity contribution in [1.29, 1.82) is 0 Å². The third-order valence-electron chi connectivity index (χ3n) is 4.76. The number of carbonyl (C=O) groups is 1. The van der Waals surface area contributed by atoms with E-state index >= 15 is 0 Å². The molecule has 0 spiro atoms. The number of aryl methyl sites for hydroxylation is 3. The van der Waals surface area contributed by atoms with Gasteiger partial charge in [0.1, 0.15) is 23.0 Å². The predicted molar refractivity (Wildman–Crippen MR) is 99.4 cm³/mol. The molecular formula is C16H22N6O6S. The number of sulfonamides is 1. The number of rotatable bonds is 6. The Balaban J connectivity index is 1.60. The molecular weight excluding hydrogens is 404 g/mol. The topological polar surface area (TPSA) is 145 Å². The molecule has 158 valence electrons. The van der Waals surface area contributed by atoms with Gasteiger partial charge < -0.3 is 9.42 Å². The second kappa shape index (κ2) is 8.29. The van der Waals surface area contributed by atoms with Gasteiger partial charge in [-0.1, -0.05) is 5.16 Å². The Morgan fingerprint density at radius 3 is 2.66 bits per heavy atom. The molecule has 12 nitrogen and oxygen atoms in total. The number of hydrogen-bond donors (Lipinski definition) is 0. The first-order chi connectivity index (χ1) is 13.7.